The first-order valence-corrected chi connectivity index (χ1v) is 6.73. The summed E-state index contributed by atoms with van der Waals surface area (Å²) in [5.74, 6) is 1.32. The van der Waals surface area contributed by atoms with E-state index in [-0.39, 0.29) is 5.41 Å². The Morgan fingerprint density at radius 2 is 2.31 bits per heavy atom. The lowest BCUT2D eigenvalue weighted by Crippen LogP contribution is -2.32. The van der Waals surface area contributed by atoms with Gasteiger partial charge in [0.25, 0.3) is 0 Å². The van der Waals surface area contributed by atoms with E-state index in [9.17, 15) is 0 Å². The molecule has 0 bridgehead atoms. The first-order chi connectivity index (χ1) is 7.47. The largest absolute Gasteiger partial charge is 0.409 e. The van der Waals surface area contributed by atoms with Crippen molar-refractivity contribution in [2.45, 2.75) is 45.0 Å². The van der Waals surface area contributed by atoms with Gasteiger partial charge in [-0.3, -0.25) is 0 Å². The van der Waals surface area contributed by atoms with Crippen LogP contribution in [-0.2, 0) is 4.74 Å². The first-order valence-electron chi connectivity index (χ1n) is 5.68. The minimum atomic E-state index is -0.232. The first kappa shape index (κ1) is 13.6. The molecule has 1 fully saturated rings. The zero-order valence-corrected chi connectivity index (χ0v) is 11.1. The molecular formula is C11H22N2O2S. The minimum absolute atomic E-state index is 0.232. The van der Waals surface area contributed by atoms with Crippen molar-refractivity contribution in [2.24, 2.45) is 16.3 Å². The predicted octanol–water partition coefficient (Wildman–Crippen LogP) is 2.06. The van der Waals surface area contributed by atoms with E-state index in [4.69, 9.17) is 15.7 Å². The van der Waals surface area contributed by atoms with Crippen LogP contribution < -0.4 is 5.73 Å². The summed E-state index contributed by atoms with van der Waals surface area (Å²) in [6.45, 7) is 7.00. The summed E-state index contributed by atoms with van der Waals surface area (Å²) < 4.78 is 5.51. The molecule has 1 aliphatic heterocycles. The predicted molar refractivity (Wildman–Crippen MR) is 68.1 cm³/mol. The number of oxime groups is 1. The molecule has 94 valence electrons. The minimum Gasteiger partial charge on any atom is -0.409 e. The van der Waals surface area contributed by atoms with E-state index in [2.05, 4.69) is 12.1 Å². The van der Waals surface area contributed by atoms with Crippen molar-refractivity contribution in [2.75, 3.05) is 12.4 Å². The molecule has 1 heterocycles. The summed E-state index contributed by atoms with van der Waals surface area (Å²) in [4.78, 5) is 0. The van der Waals surface area contributed by atoms with Crippen molar-refractivity contribution in [3.05, 3.63) is 0 Å². The maximum Gasteiger partial charge on any atom is 0.144 e. The molecule has 1 aliphatic rings. The van der Waals surface area contributed by atoms with Crippen LogP contribution in [0.25, 0.3) is 0 Å². The molecule has 1 saturated heterocycles. The Morgan fingerprint density at radius 1 is 1.62 bits per heavy atom. The van der Waals surface area contributed by atoms with Gasteiger partial charge in [-0.2, -0.15) is 11.8 Å². The molecule has 0 aromatic heterocycles. The van der Waals surface area contributed by atoms with Gasteiger partial charge < -0.3 is 15.7 Å². The fourth-order valence-corrected chi connectivity index (χ4v) is 3.20. The Hall–Kier alpha value is -0.420. The molecular weight excluding hydrogens is 224 g/mol. The van der Waals surface area contributed by atoms with E-state index >= 15 is 0 Å². The number of rotatable bonds is 5. The smallest absolute Gasteiger partial charge is 0.144 e. The highest BCUT2D eigenvalue weighted by atomic mass is 32.2. The van der Waals surface area contributed by atoms with Crippen molar-refractivity contribution >= 4 is 17.6 Å². The van der Waals surface area contributed by atoms with Gasteiger partial charge in [0.1, 0.15) is 5.84 Å². The second-order valence-corrected chi connectivity index (χ2v) is 6.24. The molecule has 0 spiro atoms. The number of hydrogen-bond donors (Lipinski definition) is 2. The van der Waals surface area contributed by atoms with Crippen molar-refractivity contribution < 1.29 is 9.94 Å². The molecule has 0 aliphatic carbocycles. The highest BCUT2D eigenvalue weighted by molar-refractivity contribution is 7.99. The number of amidine groups is 1. The molecule has 0 aromatic rings. The number of hydrogen-bond acceptors (Lipinski definition) is 4. The number of nitrogens with two attached hydrogens (primary N) is 1. The summed E-state index contributed by atoms with van der Waals surface area (Å²) >= 11 is 1.93. The molecule has 0 aromatic carbocycles. The molecule has 16 heavy (non-hydrogen) atoms. The van der Waals surface area contributed by atoms with E-state index in [1.54, 1.807) is 0 Å². The fraction of sp³-hybridized carbons (Fsp3) is 0.909. The Balaban J connectivity index is 2.29. The summed E-state index contributed by atoms with van der Waals surface area (Å²) in [5, 5.41) is 12.3. The summed E-state index contributed by atoms with van der Waals surface area (Å²) in [5.41, 5.74) is 5.41. The lowest BCUT2D eigenvalue weighted by Gasteiger charge is -2.23. The topological polar surface area (TPSA) is 67.8 Å². The monoisotopic (exact) mass is 246 g/mol. The van der Waals surface area contributed by atoms with Gasteiger partial charge in [-0.15, -0.1) is 0 Å². The molecule has 0 saturated carbocycles. The second-order valence-electron chi connectivity index (χ2n) is 4.89. The summed E-state index contributed by atoms with van der Waals surface area (Å²) in [6.07, 6.45) is 2.41. The van der Waals surface area contributed by atoms with Crippen molar-refractivity contribution in [1.29, 1.82) is 0 Å². The van der Waals surface area contributed by atoms with Crippen LogP contribution in [0.5, 0.6) is 0 Å². The van der Waals surface area contributed by atoms with Crippen LogP contribution in [-0.4, -0.2) is 34.8 Å². The van der Waals surface area contributed by atoms with Gasteiger partial charge in [0.05, 0.1) is 6.10 Å². The Kier molecular flexibility index (Phi) is 4.92. The van der Waals surface area contributed by atoms with Gasteiger partial charge in [-0.1, -0.05) is 19.0 Å². The highest BCUT2D eigenvalue weighted by Crippen LogP contribution is 2.30. The summed E-state index contributed by atoms with van der Waals surface area (Å²) in [6, 6.07) is 0. The highest BCUT2D eigenvalue weighted by Gasteiger charge is 2.27. The normalized spacial score (nSPS) is 27.3. The quantitative estimate of drug-likeness (QED) is 0.337. The van der Waals surface area contributed by atoms with E-state index in [0.717, 1.165) is 25.2 Å². The average Bonchev–Trinajstić information content (AvgIpc) is 2.63. The van der Waals surface area contributed by atoms with Crippen LogP contribution in [0, 0.1) is 5.41 Å². The Morgan fingerprint density at radius 3 is 2.81 bits per heavy atom. The fourth-order valence-electron chi connectivity index (χ4n) is 1.66. The van der Waals surface area contributed by atoms with Crippen LogP contribution in [0.1, 0.15) is 33.6 Å². The van der Waals surface area contributed by atoms with Gasteiger partial charge in [0.2, 0.25) is 0 Å². The SMILES string of the molecule is CC1OCCC1SCCC(C)(C)C(N)=NO. The van der Waals surface area contributed by atoms with E-state index < -0.39 is 0 Å². The third kappa shape index (κ3) is 3.56. The molecule has 2 unspecified atom stereocenters. The van der Waals surface area contributed by atoms with E-state index in [0.29, 0.717) is 17.2 Å². The lowest BCUT2D eigenvalue weighted by atomic mass is 9.89. The Labute approximate surface area is 102 Å². The third-order valence-electron chi connectivity index (χ3n) is 3.17. The maximum atomic E-state index is 8.66. The zero-order chi connectivity index (χ0) is 12.2. The van der Waals surface area contributed by atoms with Gasteiger partial charge >= 0.3 is 0 Å². The molecule has 0 amide bonds. The maximum absolute atomic E-state index is 8.66. The lowest BCUT2D eigenvalue weighted by molar-refractivity contribution is 0.127. The van der Waals surface area contributed by atoms with Gasteiger partial charge in [0, 0.05) is 17.3 Å². The van der Waals surface area contributed by atoms with Crippen molar-refractivity contribution in [1.82, 2.24) is 0 Å². The Bertz CT molecular complexity index is 256. The number of thioether (sulfide) groups is 1. The van der Waals surface area contributed by atoms with Crippen LogP contribution >= 0.6 is 11.8 Å². The van der Waals surface area contributed by atoms with Crippen LogP contribution in [0.15, 0.2) is 5.16 Å². The van der Waals surface area contributed by atoms with Crippen LogP contribution in [0.3, 0.4) is 0 Å². The van der Waals surface area contributed by atoms with Crippen molar-refractivity contribution in [3.63, 3.8) is 0 Å². The van der Waals surface area contributed by atoms with E-state index in [1.807, 2.05) is 25.6 Å². The van der Waals surface area contributed by atoms with Crippen LogP contribution in [0.2, 0.25) is 0 Å². The van der Waals surface area contributed by atoms with Crippen molar-refractivity contribution in [3.8, 4) is 0 Å². The molecule has 2 atom stereocenters. The average molecular weight is 246 g/mol. The number of ether oxygens (including phenoxy) is 1. The van der Waals surface area contributed by atoms with E-state index in [1.165, 1.54) is 0 Å². The molecule has 3 N–H and O–H groups in total. The molecule has 5 heteroatoms. The molecule has 1 rings (SSSR count). The molecule has 0 radical (unpaired) electrons. The number of nitrogens with zero attached hydrogens (tertiary/aromatic N) is 1. The van der Waals surface area contributed by atoms with Gasteiger partial charge in [-0.25, -0.2) is 0 Å². The zero-order valence-electron chi connectivity index (χ0n) is 10.3. The summed E-state index contributed by atoms with van der Waals surface area (Å²) in [7, 11) is 0. The van der Waals surface area contributed by atoms with Gasteiger partial charge in [0.15, 0.2) is 0 Å². The van der Waals surface area contributed by atoms with Gasteiger partial charge in [-0.05, 0) is 25.5 Å². The molecule has 4 nitrogen and oxygen atoms in total. The third-order valence-corrected chi connectivity index (χ3v) is 4.65. The second kappa shape index (κ2) is 5.77. The standard InChI is InChI=1S/C11H22N2O2S/c1-8-9(4-6-15-8)16-7-5-11(2,3)10(12)13-14/h8-9,14H,4-7H2,1-3H3,(H2,12,13). The van der Waals surface area contributed by atoms with Crippen LogP contribution in [0.4, 0.5) is 0 Å².